The Morgan fingerprint density at radius 1 is 0.900 bits per heavy atom. The molecule has 1 unspecified atom stereocenters. The normalized spacial score (nSPS) is 12.6. The van der Waals surface area contributed by atoms with Crippen LogP contribution in [0.15, 0.2) is 78.9 Å². The van der Waals surface area contributed by atoms with Gasteiger partial charge in [-0.15, -0.1) is 0 Å². The number of hydrogen-bond acceptors (Lipinski definition) is 2. The Balaban J connectivity index is 1.75. The third-order valence-electron chi connectivity index (χ3n) is 4.75. The maximum Gasteiger partial charge on any atom is 0.287 e. The van der Waals surface area contributed by atoms with Crippen molar-refractivity contribution in [3.05, 3.63) is 95.8 Å². The van der Waals surface area contributed by atoms with Gasteiger partial charge >= 0.3 is 0 Å². The number of aryl methyl sites for hydroxylation is 1. The minimum absolute atomic E-state index is 0.0391. The molecule has 0 fully saturated rings. The van der Waals surface area contributed by atoms with E-state index in [1.165, 1.54) is 18.2 Å². The summed E-state index contributed by atoms with van der Waals surface area (Å²) in [5.41, 5.74) is 2.99. The number of anilines is 2. The van der Waals surface area contributed by atoms with Crippen molar-refractivity contribution in [2.24, 2.45) is 0 Å². The summed E-state index contributed by atoms with van der Waals surface area (Å²) in [6.45, 7) is 2.02. The Bertz CT molecular complexity index is 1010. The van der Waals surface area contributed by atoms with Gasteiger partial charge in [-0.05, 0) is 37.3 Å². The number of hydrogen-bond donors (Lipinski definition) is 3. The highest BCUT2D eigenvalue weighted by Crippen LogP contribution is 2.15. The monoisotopic (exact) mass is 406 g/mol. The van der Waals surface area contributed by atoms with E-state index in [-0.39, 0.29) is 18.4 Å². The van der Waals surface area contributed by atoms with E-state index in [4.69, 9.17) is 0 Å². The highest BCUT2D eigenvalue weighted by molar-refractivity contribution is 5.95. The zero-order valence-corrected chi connectivity index (χ0v) is 17.0. The van der Waals surface area contributed by atoms with Gasteiger partial charge in [0.1, 0.15) is 5.82 Å². The lowest BCUT2D eigenvalue weighted by atomic mass is 10.0. The summed E-state index contributed by atoms with van der Waals surface area (Å²) in [5.74, 6) is -0.934. The first-order valence-electron chi connectivity index (χ1n) is 9.72. The summed E-state index contributed by atoms with van der Waals surface area (Å²) in [6.07, 6.45) is 0. The van der Waals surface area contributed by atoms with Crippen LogP contribution in [0.25, 0.3) is 0 Å². The van der Waals surface area contributed by atoms with Gasteiger partial charge in [0, 0.05) is 16.9 Å². The molecule has 0 spiro atoms. The number of carbonyl (C=O) groups excluding carboxylic acids is 2. The van der Waals surface area contributed by atoms with Crippen LogP contribution in [-0.4, -0.2) is 25.4 Å². The fraction of sp³-hybridized carbons (Fsp3) is 0.167. The van der Waals surface area contributed by atoms with Crippen LogP contribution in [0, 0.1) is 12.7 Å². The van der Waals surface area contributed by atoms with Crippen LogP contribution in [0.4, 0.5) is 15.8 Å². The fourth-order valence-corrected chi connectivity index (χ4v) is 3.28. The van der Waals surface area contributed by atoms with Gasteiger partial charge in [-0.2, -0.15) is 0 Å². The lowest BCUT2D eigenvalue weighted by Crippen LogP contribution is -3.11. The third kappa shape index (κ3) is 5.75. The highest BCUT2D eigenvalue weighted by atomic mass is 19.1. The van der Waals surface area contributed by atoms with Crippen LogP contribution in [-0.2, 0) is 9.59 Å². The zero-order chi connectivity index (χ0) is 21.5. The van der Waals surface area contributed by atoms with E-state index in [0.717, 1.165) is 11.1 Å². The standard InChI is InChI=1S/C24H24FN3O2/c1-17-11-13-20(14-12-17)27-24(30)23(18-7-4-3-5-8-18)28(2)16-22(29)26-21-10-6-9-19(25)15-21/h3-15,23H,16H2,1-2H3,(H,26,29)(H,27,30)/p+1/t23-/m0/s1. The number of quaternary nitrogens is 1. The SMILES string of the molecule is Cc1ccc(NC(=O)[C@H](c2ccccc2)[NH+](C)CC(=O)Nc2cccc(F)c2)cc1. The number of likely N-dealkylation sites (N-methyl/N-ethyl adjacent to an activating group) is 1. The van der Waals surface area contributed by atoms with Crippen molar-refractivity contribution in [3.8, 4) is 0 Å². The number of carbonyl (C=O) groups is 2. The van der Waals surface area contributed by atoms with E-state index < -0.39 is 11.9 Å². The number of nitrogens with one attached hydrogen (secondary N) is 3. The number of amides is 2. The molecule has 154 valence electrons. The number of rotatable bonds is 7. The molecule has 0 saturated heterocycles. The summed E-state index contributed by atoms with van der Waals surface area (Å²) in [7, 11) is 1.79. The second kappa shape index (κ2) is 9.80. The second-order valence-electron chi connectivity index (χ2n) is 7.28. The van der Waals surface area contributed by atoms with Gasteiger partial charge in [0.15, 0.2) is 12.6 Å². The van der Waals surface area contributed by atoms with Gasteiger partial charge in [0.2, 0.25) is 0 Å². The first kappa shape index (κ1) is 21.2. The minimum Gasteiger partial charge on any atom is -0.321 e. The average molecular weight is 406 g/mol. The molecule has 0 radical (unpaired) electrons. The van der Waals surface area contributed by atoms with E-state index in [0.29, 0.717) is 16.3 Å². The van der Waals surface area contributed by atoms with Crippen LogP contribution in [0.1, 0.15) is 17.2 Å². The van der Waals surface area contributed by atoms with Crippen LogP contribution in [0.5, 0.6) is 0 Å². The van der Waals surface area contributed by atoms with Gasteiger partial charge in [-0.3, -0.25) is 9.59 Å². The molecule has 5 nitrogen and oxygen atoms in total. The Morgan fingerprint density at radius 3 is 2.27 bits per heavy atom. The van der Waals surface area contributed by atoms with Gasteiger partial charge in [-0.1, -0.05) is 54.1 Å². The Labute approximate surface area is 175 Å². The van der Waals surface area contributed by atoms with Crippen molar-refractivity contribution in [2.45, 2.75) is 13.0 Å². The molecule has 3 aromatic carbocycles. The van der Waals surface area contributed by atoms with Crippen LogP contribution in [0.2, 0.25) is 0 Å². The predicted molar refractivity (Wildman–Crippen MR) is 116 cm³/mol. The summed E-state index contributed by atoms with van der Waals surface area (Å²) in [4.78, 5) is 26.3. The maximum absolute atomic E-state index is 13.4. The van der Waals surface area contributed by atoms with Crippen molar-refractivity contribution < 1.29 is 18.9 Å². The molecule has 0 aliphatic carbocycles. The summed E-state index contributed by atoms with van der Waals surface area (Å²) in [5, 5.41) is 5.62. The summed E-state index contributed by atoms with van der Waals surface area (Å²) in [6, 6.07) is 22.0. The van der Waals surface area contributed by atoms with E-state index in [1.807, 2.05) is 61.5 Å². The molecule has 0 bridgehead atoms. The van der Waals surface area contributed by atoms with E-state index in [9.17, 15) is 14.0 Å². The van der Waals surface area contributed by atoms with Crippen molar-refractivity contribution in [1.82, 2.24) is 0 Å². The number of benzene rings is 3. The van der Waals surface area contributed by atoms with Crippen molar-refractivity contribution in [2.75, 3.05) is 24.2 Å². The van der Waals surface area contributed by atoms with Crippen molar-refractivity contribution >= 4 is 23.2 Å². The first-order chi connectivity index (χ1) is 14.4. The molecule has 3 aromatic rings. The maximum atomic E-state index is 13.4. The van der Waals surface area contributed by atoms with E-state index >= 15 is 0 Å². The molecule has 3 N–H and O–H groups in total. The molecule has 2 atom stereocenters. The first-order valence-corrected chi connectivity index (χ1v) is 9.72. The molecule has 6 heteroatoms. The highest BCUT2D eigenvalue weighted by Gasteiger charge is 2.30. The smallest absolute Gasteiger partial charge is 0.287 e. The minimum atomic E-state index is -0.592. The quantitative estimate of drug-likeness (QED) is 0.565. The molecule has 2 amide bonds. The molecule has 0 saturated carbocycles. The van der Waals surface area contributed by atoms with E-state index in [2.05, 4.69) is 10.6 Å². The van der Waals surface area contributed by atoms with Gasteiger partial charge in [0.05, 0.1) is 7.05 Å². The summed E-state index contributed by atoms with van der Waals surface area (Å²) < 4.78 is 13.4. The topological polar surface area (TPSA) is 62.6 Å². The molecule has 0 heterocycles. The Hall–Kier alpha value is -3.51. The van der Waals surface area contributed by atoms with Crippen molar-refractivity contribution in [3.63, 3.8) is 0 Å². The molecular formula is C24H25FN3O2+. The van der Waals surface area contributed by atoms with E-state index in [1.54, 1.807) is 13.1 Å². The largest absolute Gasteiger partial charge is 0.321 e. The van der Waals surface area contributed by atoms with Crippen LogP contribution in [0.3, 0.4) is 0 Å². The fourth-order valence-electron chi connectivity index (χ4n) is 3.28. The van der Waals surface area contributed by atoms with Crippen LogP contribution < -0.4 is 15.5 Å². The third-order valence-corrected chi connectivity index (χ3v) is 4.75. The predicted octanol–water partition coefficient (Wildman–Crippen LogP) is 2.97. The Kier molecular flexibility index (Phi) is 6.93. The van der Waals surface area contributed by atoms with Crippen molar-refractivity contribution in [1.29, 1.82) is 0 Å². The number of halogens is 1. The Morgan fingerprint density at radius 2 is 1.60 bits per heavy atom. The molecular weight excluding hydrogens is 381 g/mol. The molecule has 30 heavy (non-hydrogen) atoms. The van der Waals surface area contributed by atoms with Gasteiger partial charge in [-0.25, -0.2) is 4.39 Å². The molecule has 0 aliphatic rings. The zero-order valence-electron chi connectivity index (χ0n) is 17.0. The summed E-state index contributed by atoms with van der Waals surface area (Å²) >= 11 is 0. The molecule has 0 aromatic heterocycles. The second-order valence-corrected chi connectivity index (χ2v) is 7.28. The van der Waals surface area contributed by atoms with Gasteiger partial charge in [0.25, 0.3) is 11.8 Å². The lowest BCUT2D eigenvalue weighted by molar-refractivity contribution is -0.893. The molecule has 0 aliphatic heterocycles. The van der Waals surface area contributed by atoms with Gasteiger partial charge < -0.3 is 15.5 Å². The molecule has 3 rings (SSSR count). The van der Waals surface area contributed by atoms with Crippen LogP contribution >= 0.6 is 0 Å². The average Bonchev–Trinajstić information content (AvgIpc) is 2.70. The lowest BCUT2D eigenvalue weighted by Gasteiger charge is -2.24.